The minimum atomic E-state index is -4.53. The molecular formula is C4H3Cl4F7. The molecule has 0 aromatic carbocycles. The monoisotopic (exact) mass is 324 g/mol. The Morgan fingerprint density at radius 1 is 0.667 bits per heavy atom. The molecule has 0 aromatic rings. The zero-order valence-electron chi connectivity index (χ0n) is 6.66. The third-order valence-corrected chi connectivity index (χ3v) is 0. The number of hydrogen-bond donors (Lipinski definition) is 0. The fraction of sp³-hybridized carbons (Fsp3) is 1.00. The summed E-state index contributed by atoms with van der Waals surface area (Å²) in [6.07, 6.45) is 0. The molecular weight excluding hydrogens is 323 g/mol. The van der Waals surface area contributed by atoms with Gasteiger partial charge in [0.1, 0.15) is 0 Å². The first-order valence-electron chi connectivity index (χ1n) is 2.58. The first kappa shape index (κ1) is 21.0. The van der Waals surface area contributed by atoms with Gasteiger partial charge in [0, 0.05) is 6.92 Å². The van der Waals surface area contributed by atoms with Crippen molar-refractivity contribution in [3.63, 3.8) is 0 Å². The van der Waals surface area contributed by atoms with Gasteiger partial charge in [-0.3, -0.25) is 0 Å². The quantitative estimate of drug-likeness (QED) is 0.402. The molecule has 0 aliphatic carbocycles. The SMILES string of the molecule is CC(F)(F)Cl.FC(F)(Cl)Cl.FC(F)(F)Cl. The van der Waals surface area contributed by atoms with Crippen molar-refractivity contribution in [2.24, 2.45) is 0 Å². The van der Waals surface area contributed by atoms with Gasteiger partial charge in [-0.2, -0.15) is 30.7 Å². The first-order valence-corrected chi connectivity index (χ1v) is 4.09. The summed E-state index contributed by atoms with van der Waals surface area (Å²) in [7, 11) is 0. The van der Waals surface area contributed by atoms with Crippen LogP contribution in [0.5, 0.6) is 0 Å². The second-order valence-electron chi connectivity index (χ2n) is 1.64. The van der Waals surface area contributed by atoms with E-state index in [-0.39, 0.29) is 0 Å². The Morgan fingerprint density at radius 3 is 0.667 bits per heavy atom. The van der Waals surface area contributed by atoms with Gasteiger partial charge in [-0.25, -0.2) is 0 Å². The van der Waals surface area contributed by atoms with Crippen LogP contribution < -0.4 is 0 Å². The molecule has 0 aromatic heterocycles. The molecule has 0 nitrogen and oxygen atoms in total. The lowest BCUT2D eigenvalue weighted by Crippen LogP contribution is -1.92. The van der Waals surface area contributed by atoms with E-state index in [9.17, 15) is 30.7 Å². The zero-order valence-corrected chi connectivity index (χ0v) is 9.68. The third kappa shape index (κ3) is 5250. The van der Waals surface area contributed by atoms with Crippen molar-refractivity contribution >= 4 is 46.4 Å². The minimum absolute atomic E-state index is 0.620. The highest BCUT2D eigenvalue weighted by Crippen LogP contribution is 2.22. The second-order valence-corrected chi connectivity index (χ2v) is 3.87. The molecule has 0 fully saturated rings. The average Bonchev–Trinajstić information content (AvgIpc) is 1.41. The van der Waals surface area contributed by atoms with Crippen LogP contribution in [-0.2, 0) is 0 Å². The highest BCUT2D eigenvalue weighted by atomic mass is 35.5. The summed E-state index contributed by atoms with van der Waals surface area (Å²) in [6.45, 7) is 0.620. The maximum atomic E-state index is 10.8. The van der Waals surface area contributed by atoms with Gasteiger partial charge in [0.2, 0.25) is 0 Å². The van der Waals surface area contributed by atoms with Crippen LogP contribution >= 0.6 is 46.4 Å². The van der Waals surface area contributed by atoms with Crippen LogP contribution in [0.2, 0.25) is 0 Å². The summed E-state index contributed by atoms with van der Waals surface area (Å²) in [6, 6.07) is 0. The highest BCUT2D eigenvalue weighted by molar-refractivity contribution is 6.45. The lowest BCUT2D eigenvalue weighted by atomic mass is 10.9. The fourth-order valence-electron chi connectivity index (χ4n) is 0. The minimum Gasteiger partial charge on any atom is -0.189 e. The Hall–Kier alpha value is 0.670. The van der Waals surface area contributed by atoms with Crippen molar-refractivity contribution in [1.82, 2.24) is 0 Å². The van der Waals surface area contributed by atoms with Gasteiger partial charge in [0.15, 0.2) is 0 Å². The van der Waals surface area contributed by atoms with Crippen LogP contribution in [0.25, 0.3) is 0 Å². The van der Waals surface area contributed by atoms with E-state index in [1.807, 2.05) is 0 Å². The molecule has 0 rings (SSSR count). The molecule has 0 bridgehead atoms. The summed E-state index contributed by atoms with van der Waals surface area (Å²) in [5, 5.41) is -3.03. The summed E-state index contributed by atoms with van der Waals surface area (Å²) >= 11 is 15.7. The van der Waals surface area contributed by atoms with Crippen molar-refractivity contribution in [3.05, 3.63) is 0 Å². The van der Waals surface area contributed by atoms with Gasteiger partial charge < -0.3 is 0 Å². The number of alkyl halides is 11. The second kappa shape index (κ2) is 7.86. The van der Waals surface area contributed by atoms with Gasteiger partial charge in [0.25, 0.3) is 0 Å². The van der Waals surface area contributed by atoms with E-state index in [2.05, 4.69) is 46.4 Å². The topological polar surface area (TPSA) is 0 Å². The molecule has 0 radical (unpaired) electrons. The van der Waals surface area contributed by atoms with Crippen LogP contribution in [0.15, 0.2) is 0 Å². The summed E-state index contributed by atoms with van der Waals surface area (Å²) < 4.78 is 73.0. The molecule has 0 N–H and O–H groups in total. The Kier molecular flexibility index (Phi) is 11.0. The molecule has 0 unspecified atom stereocenters. The van der Waals surface area contributed by atoms with Crippen molar-refractivity contribution in [2.45, 2.75) is 22.8 Å². The molecule has 0 saturated carbocycles. The van der Waals surface area contributed by atoms with Crippen molar-refractivity contribution < 1.29 is 30.7 Å². The van der Waals surface area contributed by atoms with E-state index in [0.29, 0.717) is 6.92 Å². The normalized spacial score (nSPS) is 12.0. The van der Waals surface area contributed by atoms with Gasteiger partial charge in [-0.05, 0) is 46.4 Å². The van der Waals surface area contributed by atoms with Gasteiger partial charge >= 0.3 is 15.9 Å². The van der Waals surface area contributed by atoms with E-state index < -0.39 is 15.9 Å². The van der Waals surface area contributed by atoms with E-state index in [0.717, 1.165) is 0 Å². The summed E-state index contributed by atoms with van der Waals surface area (Å²) in [5.74, 6) is 0. The maximum Gasteiger partial charge on any atom is 0.475 e. The molecule has 0 heterocycles. The van der Waals surface area contributed by atoms with E-state index in [4.69, 9.17) is 0 Å². The Labute approximate surface area is 100 Å². The fourth-order valence-corrected chi connectivity index (χ4v) is 0. The number of rotatable bonds is 0. The van der Waals surface area contributed by atoms with Gasteiger partial charge in [-0.15, -0.1) is 0 Å². The van der Waals surface area contributed by atoms with Crippen molar-refractivity contribution in [1.29, 1.82) is 0 Å². The smallest absolute Gasteiger partial charge is 0.189 e. The molecule has 11 heteroatoms. The molecule has 0 saturated heterocycles. The molecule has 15 heavy (non-hydrogen) atoms. The summed E-state index contributed by atoms with van der Waals surface area (Å²) in [5.41, 5.74) is -4.53. The molecule has 96 valence electrons. The Bertz CT molecular complexity index is 98.0. The zero-order chi connectivity index (χ0) is 13.5. The Morgan fingerprint density at radius 2 is 0.667 bits per heavy atom. The summed E-state index contributed by atoms with van der Waals surface area (Å²) in [4.78, 5) is -3.56. The standard InChI is InChI=1S/C2H3ClF2.CCl2F2.CClF3/c1-2(3,4)5;2*2-1(3,4)5/h1H3;;. The highest BCUT2D eigenvalue weighted by Gasteiger charge is 2.20. The lowest BCUT2D eigenvalue weighted by molar-refractivity contribution is -0.0420. The molecule has 0 amide bonds. The van der Waals surface area contributed by atoms with Crippen molar-refractivity contribution in [2.75, 3.05) is 0 Å². The predicted molar refractivity (Wildman–Crippen MR) is 45.0 cm³/mol. The van der Waals surface area contributed by atoms with Crippen LogP contribution in [0.3, 0.4) is 0 Å². The van der Waals surface area contributed by atoms with E-state index >= 15 is 0 Å². The number of halogens is 11. The van der Waals surface area contributed by atoms with Crippen LogP contribution in [-0.4, -0.2) is 15.9 Å². The van der Waals surface area contributed by atoms with Gasteiger partial charge in [-0.1, -0.05) is 0 Å². The molecule has 0 spiro atoms. The predicted octanol–water partition coefficient (Wildman–Crippen LogP) is 5.60. The molecule has 0 atom stereocenters. The largest absolute Gasteiger partial charge is 0.475 e. The lowest BCUT2D eigenvalue weighted by Gasteiger charge is -1.90. The third-order valence-electron chi connectivity index (χ3n) is 0. The van der Waals surface area contributed by atoms with Crippen molar-refractivity contribution in [3.8, 4) is 0 Å². The Balaban J connectivity index is -0.000000144. The average molecular weight is 326 g/mol. The number of hydrogen-bond acceptors (Lipinski definition) is 0. The first-order chi connectivity index (χ1) is 6.00. The molecule has 0 aliphatic heterocycles. The maximum absolute atomic E-state index is 10.8. The van der Waals surface area contributed by atoms with Crippen LogP contribution in [0.1, 0.15) is 6.92 Å². The van der Waals surface area contributed by atoms with Crippen LogP contribution in [0, 0.1) is 0 Å². The molecule has 0 aliphatic rings. The van der Waals surface area contributed by atoms with E-state index in [1.54, 1.807) is 0 Å². The van der Waals surface area contributed by atoms with E-state index in [1.165, 1.54) is 0 Å². The van der Waals surface area contributed by atoms with Gasteiger partial charge in [0.05, 0.1) is 0 Å². The van der Waals surface area contributed by atoms with Crippen LogP contribution in [0.4, 0.5) is 30.7 Å².